The number of hydrogen-bond donors (Lipinski definition) is 0. The molecule has 0 N–H and O–H groups in total. The lowest BCUT2D eigenvalue weighted by molar-refractivity contribution is -0.148. The zero-order chi connectivity index (χ0) is 55.5. The average molecular weight is 1110 g/mol. The molecule has 77 heavy (non-hydrogen) atoms. The highest BCUT2D eigenvalue weighted by Crippen LogP contribution is 2.15. The highest BCUT2D eigenvalue weighted by Gasteiger charge is 2.15. The first-order valence-electron chi connectivity index (χ1n) is 30.4. The normalized spacial score (nSPS) is 12.0. The van der Waals surface area contributed by atoms with Gasteiger partial charge in [0.05, 0.1) is 178 Å². The predicted octanol–water partition coefficient (Wildman–Crippen LogP) is 10.3. The molecule has 0 spiro atoms. The number of hydrogen-bond acceptors (Lipinski definition) is 18. The van der Waals surface area contributed by atoms with Crippen LogP contribution in [0.25, 0.3) is 0 Å². The Balaban J connectivity index is 3.82. The molecule has 0 aliphatic rings. The maximum atomic E-state index is 12.6. The number of rotatable bonds is 69. The van der Waals surface area contributed by atoms with Gasteiger partial charge in [0.15, 0.2) is 0 Å². The van der Waals surface area contributed by atoms with Gasteiger partial charge < -0.3 is 75.8 Å². The SMILES string of the molecule is CCCCCCCCCCCCCC(=O)OCCC(COCCOCCOCCOCOCCOCCOCCOCCOCCOCCOCCOCCOCCOC)COC(=O)CCCCCCCCCCCCC. The van der Waals surface area contributed by atoms with Crippen LogP contribution in [0.2, 0.25) is 0 Å². The lowest BCUT2D eigenvalue weighted by Gasteiger charge is -2.17. The average Bonchev–Trinajstić information content (AvgIpc) is 3.43. The molecule has 460 valence electrons. The van der Waals surface area contributed by atoms with Gasteiger partial charge in [0.25, 0.3) is 0 Å². The Bertz CT molecular complexity index is 1130. The third kappa shape index (κ3) is 66.8. The molecule has 0 heterocycles. The Morgan fingerprint density at radius 3 is 0.844 bits per heavy atom. The molecule has 1 unspecified atom stereocenters. The molecule has 1 atom stereocenters. The van der Waals surface area contributed by atoms with Gasteiger partial charge in [-0.05, 0) is 19.3 Å². The first kappa shape index (κ1) is 75.4. The van der Waals surface area contributed by atoms with Crippen molar-refractivity contribution in [2.45, 2.75) is 174 Å². The molecule has 0 aromatic rings. The lowest BCUT2D eigenvalue weighted by Crippen LogP contribution is -2.22. The fourth-order valence-electron chi connectivity index (χ4n) is 7.66. The summed E-state index contributed by atoms with van der Waals surface area (Å²) in [4.78, 5) is 25.1. The smallest absolute Gasteiger partial charge is 0.305 e. The van der Waals surface area contributed by atoms with E-state index in [4.69, 9.17) is 75.8 Å². The molecule has 18 nitrogen and oxygen atoms in total. The predicted molar refractivity (Wildman–Crippen MR) is 300 cm³/mol. The summed E-state index contributed by atoms with van der Waals surface area (Å²) in [6.45, 7) is 17.1. The van der Waals surface area contributed by atoms with Crippen molar-refractivity contribution in [2.75, 3.05) is 192 Å². The summed E-state index contributed by atoms with van der Waals surface area (Å²) in [5, 5.41) is 0. The monoisotopic (exact) mass is 1110 g/mol. The molecule has 0 fully saturated rings. The molecule has 0 aromatic heterocycles. The molecule has 0 saturated heterocycles. The highest BCUT2D eigenvalue weighted by molar-refractivity contribution is 5.69. The van der Waals surface area contributed by atoms with Crippen LogP contribution in [-0.4, -0.2) is 204 Å². The Hall–Kier alpha value is -1.62. The van der Waals surface area contributed by atoms with E-state index in [0.29, 0.717) is 184 Å². The van der Waals surface area contributed by atoms with Crippen LogP contribution in [0.3, 0.4) is 0 Å². The number of unbranched alkanes of at least 4 members (excludes halogenated alkanes) is 20. The number of carbonyl (C=O) groups is 2. The number of ether oxygens (including phenoxy) is 16. The third-order valence-electron chi connectivity index (χ3n) is 12.3. The topological polar surface area (TPSA) is 182 Å². The number of carbonyl (C=O) groups excluding carboxylic acids is 2. The standard InChI is InChI=1S/C59H116O18/c1-4-6-8-10-12-14-16-18-20-22-24-26-58(60)76-29-28-57(55-77-59(61)27-25-23-21-19-17-15-13-11-9-7-5-2)54-73-51-48-70-45-47-72-50-53-75-56-74-52-49-71-46-44-69-43-42-68-41-40-67-39-38-66-37-36-65-35-34-64-33-32-63-31-30-62-3/h57H,4-56H2,1-3H3. The van der Waals surface area contributed by atoms with E-state index in [1.165, 1.54) is 116 Å². The van der Waals surface area contributed by atoms with E-state index in [2.05, 4.69) is 13.8 Å². The molecule has 0 rings (SSSR count). The summed E-state index contributed by atoms with van der Waals surface area (Å²) in [6.07, 6.45) is 28.7. The summed E-state index contributed by atoms with van der Waals surface area (Å²) in [6, 6.07) is 0. The second-order valence-corrected chi connectivity index (χ2v) is 19.3. The van der Waals surface area contributed by atoms with Gasteiger partial charge in [-0.25, -0.2) is 0 Å². The van der Waals surface area contributed by atoms with Crippen LogP contribution in [0.1, 0.15) is 174 Å². The minimum atomic E-state index is -0.172. The van der Waals surface area contributed by atoms with E-state index in [9.17, 15) is 9.59 Å². The minimum Gasteiger partial charge on any atom is -0.466 e. The van der Waals surface area contributed by atoms with Crippen molar-refractivity contribution in [3.63, 3.8) is 0 Å². The fourth-order valence-corrected chi connectivity index (χ4v) is 7.66. The van der Waals surface area contributed by atoms with Crippen LogP contribution in [0.15, 0.2) is 0 Å². The maximum absolute atomic E-state index is 12.6. The summed E-state index contributed by atoms with van der Waals surface area (Å²) in [7, 11) is 1.64. The van der Waals surface area contributed by atoms with Crippen molar-refractivity contribution in [1.82, 2.24) is 0 Å². The first-order valence-corrected chi connectivity index (χ1v) is 30.4. The Kier molecular flexibility index (Phi) is 67.2. The largest absolute Gasteiger partial charge is 0.466 e. The second kappa shape index (κ2) is 68.7. The first-order chi connectivity index (χ1) is 38.1. The van der Waals surface area contributed by atoms with Crippen LogP contribution < -0.4 is 0 Å². The van der Waals surface area contributed by atoms with Crippen molar-refractivity contribution >= 4 is 11.9 Å². The van der Waals surface area contributed by atoms with Gasteiger partial charge >= 0.3 is 11.9 Å². The van der Waals surface area contributed by atoms with Gasteiger partial charge in [-0.1, -0.05) is 142 Å². The van der Waals surface area contributed by atoms with Crippen LogP contribution in [-0.2, 0) is 85.4 Å². The molecule has 0 amide bonds. The maximum Gasteiger partial charge on any atom is 0.305 e. The third-order valence-corrected chi connectivity index (χ3v) is 12.3. The molecule has 0 aromatic carbocycles. The van der Waals surface area contributed by atoms with Crippen LogP contribution in [0.5, 0.6) is 0 Å². The zero-order valence-corrected chi connectivity index (χ0v) is 49.4. The molecular weight excluding hydrogens is 997 g/mol. The van der Waals surface area contributed by atoms with Gasteiger partial charge in [-0.2, -0.15) is 0 Å². The quantitative estimate of drug-likeness (QED) is 0.0318. The van der Waals surface area contributed by atoms with Gasteiger partial charge in [0.2, 0.25) is 0 Å². The van der Waals surface area contributed by atoms with E-state index in [1.54, 1.807) is 7.11 Å². The second-order valence-electron chi connectivity index (χ2n) is 19.3. The van der Waals surface area contributed by atoms with Crippen molar-refractivity contribution in [2.24, 2.45) is 5.92 Å². The van der Waals surface area contributed by atoms with E-state index >= 15 is 0 Å². The Morgan fingerprint density at radius 1 is 0.273 bits per heavy atom. The number of esters is 2. The van der Waals surface area contributed by atoms with Gasteiger partial charge in [0, 0.05) is 25.9 Å². The lowest BCUT2D eigenvalue weighted by atomic mass is 10.1. The minimum absolute atomic E-state index is 0.0724. The van der Waals surface area contributed by atoms with Crippen molar-refractivity contribution < 1.29 is 85.4 Å². The van der Waals surface area contributed by atoms with Gasteiger partial charge in [0.1, 0.15) is 6.79 Å². The summed E-state index contributed by atoms with van der Waals surface area (Å²) < 4.78 is 88.0. The molecule has 0 saturated carbocycles. The number of methoxy groups -OCH3 is 1. The van der Waals surface area contributed by atoms with Crippen molar-refractivity contribution in [3.8, 4) is 0 Å². The molecule has 0 aliphatic carbocycles. The molecule has 0 radical (unpaired) electrons. The molecular formula is C59H116O18. The summed E-state index contributed by atoms with van der Waals surface area (Å²) >= 11 is 0. The molecule has 0 bridgehead atoms. The van der Waals surface area contributed by atoms with E-state index < -0.39 is 0 Å². The van der Waals surface area contributed by atoms with Gasteiger partial charge in [-0.15, -0.1) is 0 Å². The highest BCUT2D eigenvalue weighted by atomic mass is 16.7. The van der Waals surface area contributed by atoms with Crippen LogP contribution in [0, 0.1) is 5.92 Å². The van der Waals surface area contributed by atoms with Crippen molar-refractivity contribution in [3.05, 3.63) is 0 Å². The molecule has 18 heteroatoms. The summed E-state index contributed by atoms with van der Waals surface area (Å²) in [5.74, 6) is -0.401. The Morgan fingerprint density at radius 2 is 0.532 bits per heavy atom. The Labute approximate surface area is 468 Å². The van der Waals surface area contributed by atoms with Crippen LogP contribution >= 0.6 is 0 Å². The zero-order valence-electron chi connectivity index (χ0n) is 49.4. The van der Waals surface area contributed by atoms with E-state index in [1.807, 2.05) is 0 Å². The summed E-state index contributed by atoms with van der Waals surface area (Å²) in [5.41, 5.74) is 0. The van der Waals surface area contributed by atoms with Gasteiger partial charge in [-0.3, -0.25) is 9.59 Å². The fraction of sp³-hybridized carbons (Fsp3) is 0.966. The van der Waals surface area contributed by atoms with E-state index in [-0.39, 0.29) is 37.9 Å². The van der Waals surface area contributed by atoms with E-state index in [0.717, 1.165) is 25.7 Å². The van der Waals surface area contributed by atoms with Crippen molar-refractivity contribution in [1.29, 1.82) is 0 Å². The molecule has 0 aliphatic heterocycles. The van der Waals surface area contributed by atoms with Crippen LogP contribution in [0.4, 0.5) is 0 Å².